The minimum atomic E-state index is -0.423. The monoisotopic (exact) mass is 261 g/mol. The number of hydrogen-bond acceptors (Lipinski definition) is 3. The second kappa shape index (κ2) is 5.43. The number of ether oxygens (including phenoxy) is 1. The molecule has 0 spiro atoms. The van der Waals surface area contributed by atoms with Crippen molar-refractivity contribution in [2.24, 2.45) is 5.92 Å². The van der Waals surface area contributed by atoms with Gasteiger partial charge >= 0.3 is 0 Å². The van der Waals surface area contributed by atoms with Crippen LogP contribution in [0, 0.1) is 5.92 Å². The lowest BCUT2D eigenvalue weighted by atomic mass is 10.1. The highest BCUT2D eigenvalue weighted by molar-refractivity contribution is 6.00. The molecule has 1 unspecified atom stereocenters. The Kier molecular flexibility index (Phi) is 3.88. The summed E-state index contributed by atoms with van der Waals surface area (Å²) in [5.41, 5.74) is 1.26. The van der Waals surface area contributed by atoms with E-state index in [4.69, 9.17) is 4.74 Å². The van der Waals surface area contributed by atoms with Crippen molar-refractivity contribution in [2.45, 2.75) is 33.3 Å². The first-order valence-corrected chi connectivity index (χ1v) is 6.64. The van der Waals surface area contributed by atoms with E-state index >= 15 is 0 Å². The molecule has 0 radical (unpaired) electrons. The molecule has 0 saturated heterocycles. The fraction of sp³-hybridized carbons (Fsp3) is 0.467. The molecule has 102 valence electrons. The van der Waals surface area contributed by atoms with E-state index in [1.165, 1.54) is 0 Å². The fourth-order valence-electron chi connectivity index (χ4n) is 2.23. The maximum atomic E-state index is 12.4. The van der Waals surface area contributed by atoms with Crippen LogP contribution < -0.4 is 9.64 Å². The number of fused-ring (bicyclic) bond motifs is 1. The topological polar surface area (TPSA) is 46.6 Å². The normalized spacial score (nSPS) is 18.2. The lowest BCUT2D eigenvalue weighted by Gasteiger charge is -2.35. The Morgan fingerprint density at radius 1 is 1.42 bits per heavy atom. The molecule has 1 heterocycles. The van der Waals surface area contributed by atoms with Gasteiger partial charge in [0.05, 0.1) is 5.69 Å². The minimum absolute atomic E-state index is 0.0215. The summed E-state index contributed by atoms with van der Waals surface area (Å²) >= 11 is 0. The van der Waals surface area contributed by atoms with Gasteiger partial charge in [0.25, 0.3) is 5.91 Å². The number of nitrogens with zero attached hydrogens (tertiary/aromatic N) is 1. The SMILES string of the molecule is CCC1Oc2ccc(C=O)cc2N(CC(C)C)C1=O. The minimum Gasteiger partial charge on any atom is -0.478 e. The van der Waals surface area contributed by atoms with Crippen LogP contribution in [0.1, 0.15) is 37.6 Å². The number of anilines is 1. The van der Waals surface area contributed by atoms with Crippen molar-refractivity contribution in [2.75, 3.05) is 11.4 Å². The molecule has 0 bridgehead atoms. The second-order valence-electron chi connectivity index (χ2n) is 5.20. The van der Waals surface area contributed by atoms with Crippen molar-refractivity contribution in [1.29, 1.82) is 0 Å². The van der Waals surface area contributed by atoms with E-state index in [0.717, 1.165) is 6.29 Å². The van der Waals surface area contributed by atoms with Gasteiger partial charge in [-0.05, 0) is 30.5 Å². The Labute approximate surface area is 113 Å². The number of carbonyl (C=O) groups excluding carboxylic acids is 2. The molecule has 1 aromatic rings. The van der Waals surface area contributed by atoms with Crippen molar-refractivity contribution in [3.8, 4) is 5.75 Å². The molecule has 1 aliphatic heterocycles. The molecule has 0 N–H and O–H groups in total. The zero-order valence-corrected chi connectivity index (χ0v) is 11.6. The van der Waals surface area contributed by atoms with Crippen LogP contribution in [0.2, 0.25) is 0 Å². The molecule has 0 aromatic heterocycles. The third-order valence-corrected chi connectivity index (χ3v) is 3.14. The first-order chi connectivity index (χ1) is 9.06. The third-order valence-electron chi connectivity index (χ3n) is 3.14. The van der Waals surface area contributed by atoms with Crippen LogP contribution in [0.3, 0.4) is 0 Å². The van der Waals surface area contributed by atoms with Crippen molar-refractivity contribution in [1.82, 2.24) is 0 Å². The number of aldehydes is 1. The lowest BCUT2D eigenvalue weighted by Crippen LogP contribution is -2.47. The molecule has 1 amide bonds. The van der Waals surface area contributed by atoms with Gasteiger partial charge in [0.1, 0.15) is 12.0 Å². The van der Waals surface area contributed by atoms with E-state index in [1.807, 2.05) is 6.92 Å². The molecular weight excluding hydrogens is 242 g/mol. The van der Waals surface area contributed by atoms with Crippen LogP contribution in [0.4, 0.5) is 5.69 Å². The van der Waals surface area contributed by atoms with Gasteiger partial charge in [-0.25, -0.2) is 0 Å². The summed E-state index contributed by atoms with van der Waals surface area (Å²) < 4.78 is 5.70. The van der Waals surface area contributed by atoms with Crippen molar-refractivity contribution in [3.63, 3.8) is 0 Å². The van der Waals surface area contributed by atoms with Crippen LogP contribution >= 0.6 is 0 Å². The van der Waals surface area contributed by atoms with Gasteiger partial charge in [-0.3, -0.25) is 9.59 Å². The molecular formula is C15H19NO3. The van der Waals surface area contributed by atoms with Crippen LogP contribution in [-0.4, -0.2) is 24.8 Å². The fourth-order valence-corrected chi connectivity index (χ4v) is 2.23. The Morgan fingerprint density at radius 2 is 2.16 bits per heavy atom. The van der Waals surface area contributed by atoms with E-state index in [-0.39, 0.29) is 5.91 Å². The maximum Gasteiger partial charge on any atom is 0.268 e. The first-order valence-electron chi connectivity index (χ1n) is 6.64. The third kappa shape index (κ3) is 2.62. The van der Waals surface area contributed by atoms with E-state index in [9.17, 15) is 9.59 Å². The Morgan fingerprint density at radius 3 is 2.74 bits per heavy atom. The van der Waals surface area contributed by atoms with Crippen LogP contribution in [-0.2, 0) is 4.79 Å². The van der Waals surface area contributed by atoms with Crippen molar-refractivity contribution >= 4 is 17.9 Å². The molecule has 1 aliphatic rings. The molecule has 19 heavy (non-hydrogen) atoms. The van der Waals surface area contributed by atoms with Crippen molar-refractivity contribution < 1.29 is 14.3 Å². The van der Waals surface area contributed by atoms with Crippen LogP contribution in [0.5, 0.6) is 5.75 Å². The number of hydrogen-bond donors (Lipinski definition) is 0. The predicted molar refractivity (Wildman–Crippen MR) is 73.7 cm³/mol. The van der Waals surface area contributed by atoms with Crippen LogP contribution in [0.25, 0.3) is 0 Å². The predicted octanol–water partition coefficient (Wildman–Crippen LogP) is 2.66. The standard InChI is InChI=1S/C15H19NO3/c1-4-13-15(18)16(8-10(2)3)12-7-11(9-17)5-6-14(12)19-13/h5-7,9-10,13H,4,8H2,1-3H3. The molecule has 4 nitrogen and oxygen atoms in total. The lowest BCUT2D eigenvalue weighted by molar-refractivity contribution is -0.126. The molecule has 4 heteroatoms. The van der Waals surface area contributed by atoms with Gasteiger partial charge in [0, 0.05) is 12.1 Å². The maximum absolute atomic E-state index is 12.4. The molecule has 1 atom stereocenters. The number of benzene rings is 1. The van der Waals surface area contributed by atoms with Crippen LogP contribution in [0.15, 0.2) is 18.2 Å². The van der Waals surface area contributed by atoms with E-state index in [0.29, 0.717) is 35.9 Å². The molecule has 2 rings (SSSR count). The van der Waals surface area contributed by atoms with Gasteiger partial charge in [-0.1, -0.05) is 20.8 Å². The largest absolute Gasteiger partial charge is 0.478 e. The average molecular weight is 261 g/mol. The summed E-state index contributed by atoms with van der Waals surface area (Å²) in [4.78, 5) is 25.0. The van der Waals surface area contributed by atoms with Crippen molar-refractivity contribution in [3.05, 3.63) is 23.8 Å². The van der Waals surface area contributed by atoms with E-state index < -0.39 is 6.10 Å². The van der Waals surface area contributed by atoms with E-state index in [1.54, 1.807) is 23.1 Å². The van der Waals surface area contributed by atoms with Gasteiger partial charge in [-0.15, -0.1) is 0 Å². The van der Waals surface area contributed by atoms with Gasteiger partial charge in [0.2, 0.25) is 0 Å². The van der Waals surface area contributed by atoms with E-state index in [2.05, 4.69) is 13.8 Å². The quantitative estimate of drug-likeness (QED) is 0.783. The zero-order chi connectivity index (χ0) is 14.0. The summed E-state index contributed by atoms with van der Waals surface area (Å²) in [5.74, 6) is 1.01. The summed E-state index contributed by atoms with van der Waals surface area (Å²) in [6.07, 6.45) is 1.00. The summed E-state index contributed by atoms with van der Waals surface area (Å²) in [6, 6.07) is 5.19. The number of rotatable bonds is 4. The Balaban J connectivity index is 2.45. The van der Waals surface area contributed by atoms with Gasteiger partial charge < -0.3 is 9.64 Å². The second-order valence-corrected chi connectivity index (χ2v) is 5.20. The Hall–Kier alpha value is -1.84. The highest BCUT2D eigenvalue weighted by atomic mass is 16.5. The average Bonchev–Trinajstić information content (AvgIpc) is 2.40. The molecule has 0 saturated carbocycles. The summed E-state index contributed by atoms with van der Waals surface area (Å²) in [5, 5.41) is 0. The smallest absolute Gasteiger partial charge is 0.268 e. The Bertz CT molecular complexity index is 496. The zero-order valence-electron chi connectivity index (χ0n) is 11.6. The summed E-state index contributed by atoms with van der Waals surface area (Å²) in [7, 11) is 0. The highest BCUT2D eigenvalue weighted by Gasteiger charge is 2.33. The van der Waals surface area contributed by atoms with Gasteiger partial charge in [0.15, 0.2) is 6.10 Å². The first kappa shape index (κ1) is 13.6. The van der Waals surface area contributed by atoms with Gasteiger partial charge in [-0.2, -0.15) is 0 Å². The molecule has 0 aliphatic carbocycles. The highest BCUT2D eigenvalue weighted by Crippen LogP contribution is 2.35. The molecule has 1 aromatic carbocycles. The number of carbonyl (C=O) groups is 2. The summed E-state index contributed by atoms with van der Waals surface area (Å²) in [6.45, 7) is 6.69. The number of amides is 1. The molecule has 0 fully saturated rings.